The van der Waals surface area contributed by atoms with Gasteiger partial charge >= 0.3 is 0 Å². The van der Waals surface area contributed by atoms with Crippen LogP contribution in [-0.4, -0.2) is 23.9 Å². The number of nitrogens with two attached hydrogens (primary N) is 1. The Hall–Kier alpha value is -1.03. The van der Waals surface area contributed by atoms with Gasteiger partial charge in [0.25, 0.3) is 0 Å². The third-order valence-corrected chi connectivity index (χ3v) is 2.04. The highest BCUT2D eigenvalue weighted by Gasteiger charge is 2.08. The molecule has 0 unspecified atom stereocenters. The second kappa shape index (κ2) is 4.87. The molecule has 0 amide bonds. The smallest absolute Gasteiger partial charge is 0.148 e. The first kappa shape index (κ1) is 10.1. The third kappa shape index (κ3) is 2.45. The number of nitrogens with zero attached hydrogens (tertiary/aromatic N) is 1. The van der Waals surface area contributed by atoms with Crippen LogP contribution in [0.1, 0.15) is 24.6 Å². The maximum atomic E-state index is 5.72. The predicted octanol–water partition coefficient (Wildman–Crippen LogP) is 1.13. The van der Waals surface area contributed by atoms with E-state index in [0.29, 0.717) is 12.4 Å². The molecule has 0 radical (unpaired) electrons. The Morgan fingerprint density at radius 1 is 1.46 bits per heavy atom. The standard InChI is InChI=1S/C9H17N3O/c1-3-4-7-8(5-6-13-2)11-12-9(7)10/h3-6H2,1-2H3,(H3,10,11,12). The van der Waals surface area contributed by atoms with E-state index in [-0.39, 0.29) is 0 Å². The SMILES string of the molecule is CCCc1c(N)n[nH]c1CCOC. The lowest BCUT2D eigenvalue weighted by atomic mass is 10.1. The molecule has 0 aromatic carbocycles. The molecule has 0 atom stereocenters. The lowest BCUT2D eigenvalue weighted by Crippen LogP contribution is -1.99. The van der Waals surface area contributed by atoms with Gasteiger partial charge in [-0.15, -0.1) is 0 Å². The number of anilines is 1. The molecule has 0 saturated carbocycles. The Bertz CT molecular complexity index is 257. The van der Waals surface area contributed by atoms with E-state index in [0.717, 1.165) is 30.5 Å². The van der Waals surface area contributed by atoms with Crippen molar-refractivity contribution in [1.29, 1.82) is 0 Å². The van der Waals surface area contributed by atoms with Gasteiger partial charge in [-0.2, -0.15) is 5.10 Å². The molecule has 0 bridgehead atoms. The minimum atomic E-state index is 0.632. The van der Waals surface area contributed by atoms with Gasteiger partial charge in [-0.25, -0.2) is 0 Å². The van der Waals surface area contributed by atoms with Crippen molar-refractivity contribution in [3.8, 4) is 0 Å². The minimum absolute atomic E-state index is 0.632. The molecule has 1 heterocycles. The molecule has 0 aliphatic carbocycles. The third-order valence-electron chi connectivity index (χ3n) is 2.04. The number of nitrogens with one attached hydrogen (secondary N) is 1. The second-order valence-corrected chi connectivity index (χ2v) is 3.06. The molecule has 0 aliphatic rings. The minimum Gasteiger partial charge on any atom is -0.384 e. The highest BCUT2D eigenvalue weighted by molar-refractivity contribution is 5.42. The molecular formula is C9H17N3O. The Morgan fingerprint density at radius 3 is 2.85 bits per heavy atom. The zero-order chi connectivity index (χ0) is 9.68. The summed E-state index contributed by atoms with van der Waals surface area (Å²) in [6, 6.07) is 0. The van der Waals surface area contributed by atoms with Crippen molar-refractivity contribution in [3.63, 3.8) is 0 Å². The Labute approximate surface area is 78.5 Å². The molecule has 74 valence electrons. The van der Waals surface area contributed by atoms with Gasteiger partial charge in [-0.05, 0) is 6.42 Å². The van der Waals surface area contributed by atoms with E-state index < -0.39 is 0 Å². The van der Waals surface area contributed by atoms with Crippen LogP contribution in [0.25, 0.3) is 0 Å². The molecule has 0 aliphatic heterocycles. The van der Waals surface area contributed by atoms with Gasteiger partial charge in [0, 0.05) is 24.8 Å². The first-order chi connectivity index (χ1) is 6.29. The van der Waals surface area contributed by atoms with E-state index in [4.69, 9.17) is 10.5 Å². The van der Waals surface area contributed by atoms with Crippen LogP contribution in [0.5, 0.6) is 0 Å². The van der Waals surface area contributed by atoms with Crippen LogP contribution in [0.15, 0.2) is 0 Å². The predicted molar refractivity (Wildman–Crippen MR) is 52.6 cm³/mol. The highest BCUT2D eigenvalue weighted by atomic mass is 16.5. The summed E-state index contributed by atoms with van der Waals surface area (Å²) in [7, 11) is 1.69. The summed E-state index contributed by atoms with van der Waals surface area (Å²) in [5.74, 6) is 0.632. The first-order valence-electron chi connectivity index (χ1n) is 4.60. The molecule has 0 fully saturated rings. The zero-order valence-corrected chi connectivity index (χ0v) is 8.26. The van der Waals surface area contributed by atoms with Crippen molar-refractivity contribution >= 4 is 5.82 Å². The average molecular weight is 183 g/mol. The molecule has 3 N–H and O–H groups in total. The number of hydrogen-bond donors (Lipinski definition) is 2. The average Bonchev–Trinajstić information content (AvgIpc) is 2.46. The molecule has 1 aromatic heterocycles. The van der Waals surface area contributed by atoms with Crippen molar-refractivity contribution < 1.29 is 4.74 Å². The lowest BCUT2D eigenvalue weighted by molar-refractivity contribution is 0.201. The molecule has 4 heteroatoms. The van der Waals surface area contributed by atoms with E-state index in [2.05, 4.69) is 17.1 Å². The molecule has 0 saturated heterocycles. The number of H-pyrrole nitrogens is 1. The fraction of sp³-hybridized carbons (Fsp3) is 0.667. The van der Waals surface area contributed by atoms with Gasteiger partial charge < -0.3 is 10.5 Å². The van der Waals surface area contributed by atoms with Crippen molar-refractivity contribution in [2.45, 2.75) is 26.2 Å². The van der Waals surface area contributed by atoms with Gasteiger partial charge in [-0.1, -0.05) is 13.3 Å². The largest absolute Gasteiger partial charge is 0.384 e. The number of aromatic nitrogens is 2. The summed E-state index contributed by atoms with van der Waals surface area (Å²) in [6.07, 6.45) is 2.93. The molecule has 1 rings (SSSR count). The van der Waals surface area contributed by atoms with Crippen LogP contribution < -0.4 is 5.73 Å². The van der Waals surface area contributed by atoms with Crippen molar-refractivity contribution in [1.82, 2.24) is 10.2 Å². The van der Waals surface area contributed by atoms with E-state index in [1.165, 1.54) is 0 Å². The van der Waals surface area contributed by atoms with Crippen molar-refractivity contribution in [2.75, 3.05) is 19.5 Å². The Balaban J connectivity index is 2.68. The summed E-state index contributed by atoms with van der Waals surface area (Å²) in [4.78, 5) is 0. The van der Waals surface area contributed by atoms with Crippen LogP contribution in [0.4, 0.5) is 5.82 Å². The van der Waals surface area contributed by atoms with Crippen LogP contribution >= 0.6 is 0 Å². The van der Waals surface area contributed by atoms with Gasteiger partial charge in [0.15, 0.2) is 0 Å². The molecule has 1 aromatic rings. The fourth-order valence-corrected chi connectivity index (χ4v) is 1.36. The first-order valence-corrected chi connectivity index (χ1v) is 4.60. The fourth-order valence-electron chi connectivity index (χ4n) is 1.36. The number of methoxy groups -OCH3 is 1. The van der Waals surface area contributed by atoms with Crippen LogP contribution in [-0.2, 0) is 17.6 Å². The quantitative estimate of drug-likeness (QED) is 0.719. The van der Waals surface area contributed by atoms with Gasteiger partial charge in [-0.3, -0.25) is 5.10 Å². The van der Waals surface area contributed by atoms with E-state index in [1.807, 2.05) is 0 Å². The Morgan fingerprint density at radius 2 is 2.23 bits per heavy atom. The number of nitrogen functional groups attached to an aromatic ring is 1. The summed E-state index contributed by atoms with van der Waals surface area (Å²) < 4.78 is 5.00. The van der Waals surface area contributed by atoms with Crippen LogP contribution in [0.2, 0.25) is 0 Å². The van der Waals surface area contributed by atoms with E-state index >= 15 is 0 Å². The number of rotatable bonds is 5. The number of ether oxygens (including phenoxy) is 1. The molecular weight excluding hydrogens is 166 g/mol. The van der Waals surface area contributed by atoms with Gasteiger partial charge in [0.2, 0.25) is 0 Å². The summed E-state index contributed by atoms with van der Waals surface area (Å²) >= 11 is 0. The van der Waals surface area contributed by atoms with Crippen LogP contribution in [0, 0.1) is 0 Å². The van der Waals surface area contributed by atoms with E-state index in [9.17, 15) is 0 Å². The van der Waals surface area contributed by atoms with Gasteiger partial charge in [0.1, 0.15) is 5.82 Å². The number of hydrogen-bond acceptors (Lipinski definition) is 3. The second-order valence-electron chi connectivity index (χ2n) is 3.06. The molecule has 13 heavy (non-hydrogen) atoms. The van der Waals surface area contributed by atoms with Gasteiger partial charge in [0.05, 0.1) is 6.61 Å². The topological polar surface area (TPSA) is 63.9 Å². The lowest BCUT2D eigenvalue weighted by Gasteiger charge is -2.01. The van der Waals surface area contributed by atoms with Crippen molar-refractivity contribution in [3.05, 3.63) is 11.3 Å². The molecule has 0 spiro atoms. The molecule has 4 nitrogen and oxygen atoms in total. The summed E-state index contributed by atoms with van der Waals surface area (Å²) in [5.41, 5.74) is 7.98. The summed E-state index contributed by atoms with van der Waals surface area (Å²) in [6.45, 7) is 2.84. The van der Waals surface area contributed by atoms with Crippen molar-refractivity contribution in [2.24, 2.45) is 0 Å². The highest BCUT2D eigenvalue weighted by Crippen LogP contribution is 2.15. The van der Waals surface area contributed by atoms with Crippen LogP contribution in [0.3, 0.4) is 0 Å². The monoisotopic (exact) mass is 183 g/mol. The normalized spacial score (nSPS) is 10.6. The zero-order valence-electron chi connectivity index (χ0n) is 8.26. The summed E-state index contributed by atoms with van der Waals surface area (Å²) in [5, 5.41) is 6.92. The number of aromatic amines is 1. The Kier molecular flexibility index (Phi) is 3.76. The maximum Gasteiger partial charge on any atom is 0.148 e. The van der Waals surface area contributed by atoms with E-state index in [1.54, 1.807) is 7.11 Å². The maximum absolute atomic E-state index is 5.72.